The molecule has 8 nitrogen and oxygen atoms in total. The molecule has 0 aromatic heterocycles. The predicted octanol–water partition coefficient (Wildman–Crippen LogP) is 13.7. The molecule has 0 spiro atoms. The summed E-state index contributed by atoms with van der Waals surface area (Å²) in [6.45, 7) is 19.6. The van der Waals surface area contributed by atoms with Gasteiger partial charge in [0.1, 0.15) is 18.5 Å². The van der Waals surface area contributed by atoms with E-state index >= 15 is 0 Å². The van der Waals surface area contributed by atoms with Crippen molar-refractivity contribution < 1.29 is 28.6 Å². The Balaban J connectivity index is 4.58. The molecule has 0 fully saturated rings. The van der Waals surface area contributed by atoms with Gasteiger partial charge in [0, 0.05) is 38.9 Å². The van der Waals surface area contributed by atoms with Crippen LogP contribution in [0.25, 0.3) is 0 Å². The molecule has 0 N–H and O–H groups in total. The lowest BCUT2D eigenvalue weighted by Gasteiger charge is -2.26. The van der Waals surface area contributed by atoms with E-state index in [1.165, 1.54) is 89.9 Å². The molecule has 0 saturated heterocycles. The molecular weight excluding hydrogens is 713 g/mol. The molecule has 0 aliphatic heterocycles. The SMILES string of the molecule is CCCCCCCCC(=O)CCCN(CCOC(=O)OC(CCCCCC)CCCCCCCCC(=O)OCC(CCCC)CCCCCC)CCN(CC)CC. The minimum Gasteiger partial charge on any atom is -0.465 e. The van der Waals surface area contributed by atoms with Gasteiger partial charge in [0.05, 0.1) is 6.61 Å². The van der Waals surface area contributed by atoms with E-state index in [1.54, 1.807) is 0 Å². The Bertz CT molecular complexity index is 897. The number of unbranched alkanes of at least 4 members (excludes halogenated alkanes) is 17. The van der Waals surface area contributed by atoms with Gasteiger partial charge in [-0.1, -0.05) is 157 Å². The van der Waals surface area contributed by atoms with Gasteiger partial charge in [0.15, 0.2) is 0 Å². The van der Waals surface area contributed by atoms with E-state index in [-0.39, 0.29) is 12.1 Å². The Morgan fingerprint density at radius 2 is 0.912 bits per heavy atom. The van der Waals surface area contributed by atoms with Gasteiger partial charge in [0.25, 0.3) is 0 Å². The van der Waals surface area contributed by atoms with Crippen LogP contribution in [0.5, 0.6) is 0 Å². The second kappa shape index (κ2) is 42.5. The van der Waals surface area contributed by atoms with Crippen LogP contribution < -0.4 is 0 Å². The molecule has 0 aromatic carbocycles. The molecule has 0 aliphatic carbocycles. The number of nitrogens with zero attached hydrogens (tertiary/aromatic N) is 2. The van der Waals surface area contributed by atoms with Gasteiger partial charge in [-0.3, -0.25) is 14.5 Å². The number of ketones is 1. The maximum Gasteiger partial charge on any atom is 0.508 e. The molecule has 8 heteroatoms. The van der Waals surface area contributed by atoms with Crippen molar-refractivity contribution in [1.82, 2.24) is 9.80 Å². The number of ether oxygens (including phenoxy) is 3. The first-order valence-electron chi connectivity index (χ1n) is 24.8. The summed E-state index contributed by atoms with van der Waals surface area (Å²) in [5.41, 5.74) is 0. The monoisotopic (exact) mass is 809 g/mol. The molecule has 0 saturated carbocycles. The lowest BCUT2D eigenvalue weighted by molar-refractivity contribution is -0.145. The van der Waals surface area contributed by atoms with Crippen molar-refractivity contribution in [2.24, 2.45) is 5.92 Å². The topological polar surface area (TPSA) is 85.4 Å². The summed E-state index contributed by atoms with van der Waals surface area (Å²) in [6.07, 6.45) is 31.9. The summed E-state index contributed by atoms with van der Waals surface area (Å²) in [4.78, 5) is 42.6. The van der Waals surface area contributed by atoms with Gasteiger partial charge in [-0.05, 0) is 83.3 Å². The molecule has 57 heavy (non-hydrogen) atoms. The Morgan fingerprint density at radius 3 is 1.51 bits per heavy atom. The Kier molecular flexibility index (Phi) is 41.2. The highest BCUT2D eigenvalue weighted by atomic mass is 16.7. The lowest BCUT2D eigenvalue weighted by Crippen LogP contribution is -2.37. The van der Waals surface area contributed by atoms with E-state index in [1.807, 2.05) is 0 Å². The number of Topliss-reactive ketones (excluding diaryl/α,β-unsaturated/α-hetero) is 1. The molecular formula is C49H96N2O6. The zero-order valence-corrected chi connectivity index (χ0v) is 38.9. The number of rotatable bonds is 44. The molecule has 0 rings (SSSR count). The molecule has 0 aromatic rings. The maximum atomic E-state index is 12.9. The fourth-order valence-corrected chi connectivity index (χ4v) is 7.67. The number of hydrogen-bond acceptors (Lipinski definition) is 8. The highest BCUT2D eigenvalue weighted by molar-refractivity contribution is 5.78. The fraction of sp³-hybridized carbons (Fsp3) is 0.939. The normalized spacial score (nSPS) is 12.6. The number of esters is 1. The lowest BCUT2D eigenvalue weighted by atomic mass is 9.96. The summed E-state index contributed by atoms with van der Waals surface area (Å²) in [7, 11) is 0. The van der Waals surface area contributed by atoms with Crippen LogP contribution in [0, 0.1) is 5.92 Å². The van der Waals surface area contributed by atoms with Crippen LogP contribution in [0.2, 0.25) is 0 Å². The van der Waals surface area contributed by atoms with Crippen molar-refractivity contribution in [2.45, 2.75) is 240 Å². The van der Waals surface area contributed by atoms with Gasteiger partial charge in [0.2, 0.25) is 0 Å². The summed E-state index contributed by atoms with van der Waals surface area (Å²) in [5.74, 6) is 0.867. The number of carbonyl (C=O) groups excluding carboxylic acids is 3. The van der Waals surface area contributed by atoms with Gasteiger partial charge < -0.3 is 19.1 Å². The van der Waals surface area contributed by atoms with E-state index in [2.05, 4.69) is 51.3 Å². The quantitative estimate of drug-likeness (QED) is 0.0444. The van der Waals surface area contributed by atoms with Crippen molar-refractivity contribution >= 4 is 17.9 Å². The Hall–Kier alpha value is -1.67. The van der Waals surface area contributed by atoms with E-state index in [4.69, 9.17) is 14.2 Å². The third-order valence-corrected chi connectivity index (χ3v) is 11.7. The second-order valence-corrected chi connectivity index (χ2v) is 16.9. The van der Waals surface area contributed by atoms with E-state index in [9.17, 15) is 14.4 Å². The zero-order chi connectivity index (χ0) is 42.0. The Morgan fingerprint density at radius 1 is 0.439 bits per heavy atom. The van der Waals surface area contributed by atoms with Crippen molar-refractivity contribution in [3.63, 3.8) is 0 Å². The number of hydrogen-bond donors (Lipinski definition) is 0. The minimum absolute atomic E-state index is 0.0297. The summed E-state index contributed by atoms with van der Waals surface area (Å²) in [6, 6.07) is 0. The average molecular weight is 809 g/mol. The van der Waals surface area contributed by atoms with Crippen LogP contribution in [0.15, 0.2) is 0 Å². The molecule has 0 bridgehead atoms. The Labute approximate surface area is 354 Å². The smallest absolute Gasteiger partial charge is 0.465 e. The highest BCUT2D eigenvalue weighted by Crippen LogP contribution is 2.20. The van der Waals surface area contributed by atoms with Crippen LogP contribution in [0.1, 0.15) is 234 Å². The van der Waals surface area contributed by atoms with Crippen molar-refractivity contribution in [2.75, 3.05) is 52.5 Å². The van der Waals surface area contributed by atoms with Gasteiger partial charge >= 0.3 is 12.1 Å². The van der Waals surface area contributed by atoms with Crippen LogP contribution in [-0.2, 0) is 23.8 Å². The average Bonchev–Trinajstić information content (AvgIpc) is 3.21. The third kappa shape index (κ3) is 37.1. The second-order valence-electron chi connectivity index (χ2n) is 16.9. The summed E-state index contributed by atoms with van der Waals surface area (Å²) in [5, 5.41) is 0. The van der Waals surface area contributed by atoms with E-state index in [0.717, 1.165) is 116 Å². The minimum atomic E-state index is -0.548. The molecule has 0 radical (unpaired) electrons. The van der Waals surface area contributed by atoms with Crippen molar-refractivity contribution in [3.8, 4) is 0 Å². The molecule has 0 aliphatic rings. The maximum absolute atomic E-state index is 12.9. The first-order chi connectivity index (χ1) is 27.8. The van der Waals surface area contributed by atoms with E-state index in [0.29, 0.717) is 50.7 Å². The number of carbonyl (C=O) groups is 3. The molecule has 0 heterocycles. The standard InChI is InChI=1S/C49H96N2O6/c1-7-13-17-20-23-27-34-46(52)35-31-39-51(41-40-50(11-5)12-6)42-43-55-49(54)57-47(36-28-19-15-9-3)37-29-24-21-22-25-30-38-48(53)56-44-45(32-16-10-4)33-26-18-14-8-2/h45,47H,7-44H2,1-6H3. The van der Waals surface area contributed by atoms with Crippen LogP contribution in [0.4, 0.5) is 4.79 Å². The predicted molar refractivity (Wildman–Crippen MR) is 241 cm³/mol. The zero-order valence-electron chi connectivity index (χ0n) is 38.9. The highest BCUT2D eigenvalue weighted by Gasteiger charge is 2.17. The van der Waals surface area contributed by atoms with Gasteiger partial charge in [-0.25, -0.2) is 4.79 Å². The van der Waals surface area contributed by atoms with Crippen LogP contribution in [-0.4, -0.2) is 86.3 Å². The van der Waals surface area contributed by atoms with Crippen molar-refractivity contribution in [1.29, 1.82) is 0 Å². The molecule has 338 valence electrons. The summed E-state index contributed by atoms with van der Waals surface area (Å²) >= 11 is 0. The first kappa shape index (κ1) is 55.3. The van der Waals surface area contributed by atoms with Crippen LogP contribution in [0.3, 0.4) is 0 Å². The van der Waals surface area contributed by atoms with Gasteiger partial charge in [-0.15, -0.1) is 0 Å². The van der Waals surface area contributed by atoms with Gasteiger partial charge in [-0.2, -0.15) is 0 Å². The molecule has 2 unspecified atom stereocenters. The summed E-state index contributed by atoms with van der Waals surface area (Å²) < 4.78 is 17.3. The number of likely N-dealkylation sites (N-methyl/N-ethyl adjacent to an activating group) is 1. The molecule has 0 amide bonds. The van der Waals surface area contributed by atoms with E-state index < -0.39 is 6.16 Å². The fourth-order valence-electron chi connectivity index (χ4n) is 7.67. The molecule has 2 atom stereocenters. The first-order valence-corrected chi connectivity index (χ1v) is 24.8. The third-order valence-electron chi connectivity index (χ3n) is 11.7. The van der Waals surface area contributed by atoms with Crippen LogP contribution >= 0.6 is 0 Å². The van der Waals surface area contributed by atoms with Crippen molar-refractivity contribution in [3.05, 3.63) is 0 Å². The largest absolute Gasteiger partial charge is 0.508 e.